The van der Waals surface area contributed by atoms with Crippen LogP contribution < -0.4 is 35.2 Å². The number of aromatic nitrogens is 4. The largest absolute Gasteiger partial charge is 0.484 e. The highest BCUT2D eigenvalue weighted by Crippen LogP contribution is 2.30. The first-order valence-corrected chi connectivity index (χ1v) is 20.4. The van der Waals surface area contributed by atoms with Crippen molar-refractivity contribution in [1.82, 2.24) is 30.2 Å². The molecule has 3 N–H and O–H groups in total. The van der Waals surface area contributed by atoms with Gasteiger partial charge >= 0.3 is 6.18 Å². The number of hydrogen-bond acceptors (Lipinski definition) is 12. The summed E-state index contributed by atoms with van der Waals surface area (Å²) in [5.41, 5.74) is 3.26. The Bertz CT molecular complexity index is 2460. The number of fused-ring (bicyclic) bond motifs is 2. The van der Waals surface area contributed by atoms with E-state index in [1.54, 1.807) is 24.4 Å². The number of aryl methyl sites for hydroxylation is 1. The predicted molar refractivity (Wildman–Crippen MR) is 234 cm³/mol. The maximum absolute atomic E-state index is 12.6. The van der Waals surface area contributed by atoms with Gasteiger partial charge in [0.25, 0.3) is 11.8 Å². The van der Waals surface area contributed by atoms with Crippen LogP contribution in [0.15, 0.2) is 97.3 Å². The number of amides is 2. The molecule has 2 amide bonds. The number of carbonyl (C=O) groups is 2. The number of piperazine rings is 1. The van der Waals surface area contributed by atoms with Crippen molar-refractivity contribution in [2.24, 2.45) is 0 Å². The summed E-state index contributed by atoms with van der Waals surface area (Å²) in [4.78, 5) is 49.4. The molecule has 0 saturated carbocycles. The molecule has 324 valence electrons. The summed E-state index contributed by atoms with van der Waals surface area (Å²) in [5.74, 6) is 1.66. The minimum atomic E-state index is -4.42. The molecule has 0 aliphatic carbocycles. The van der Waals surface area contributed by atoms with E-state index < -0.39 is 17.6 Å². The van der Waals surface area contributed by atoms with Crippen LogP contribution in [0.4, 0.5) is 36.4 Å². The van der Waals surface area contributed by atoms with Crippen molar-refractivity contribution in [3.63, 3.8) is 0 Å². The van der Waals surface area contributed by atoms with Gasteiger partial charge in [0.05, 0.1) is 16.6 Å². The number of rotatable bonds is 11. The second-order valence-electron chi connectivity index (χ2n) is 15.3. The Labute approximate surface area is 357 Å². The van der Waals surface area contributed by atoms with Gasteiger partial charge in [-0.15, -0.1) is 0 Å². The molecule has 2 aliphatic heterocycles. The van der Waals surface area contributed by atoms with Crippen molar-refractivity contribution in [2.75, 3.05) is 87.0 Å². The zero-order valence-electron chi connectivity index (χ0n) is 34.8. The number of alkyl halides is 3. The minimum absolute atomic E-state index is 0.0422. The van der Waals surface area contributed by atoms with Crippen molar-refractivity contribution in [2.45, 2.75) is 32.0 Å². The molecule has 0 bridgehead atoms. The lowest BCUT2D eigenvalue weighted by Gasteiger charge is -2.35. The van der Waals surface area contributed by atoms with Gasteiger partial charge in [-0.05, 0) is 107 Å². The van der Waals surface area contributed by atoms with E-state index >= 15 is 0 Å². The molecule has 2 fully saturated rings. The van der Waals surface area contributed by atoms with Crippen LogP contribution in [0.5, 0.6) is 11.5 Å². The van der Waals surface area contributed by atoms with E-state index in [9.17, 15) is 22.8 Å². The quantitative estimate of drug-likeness (QED) is 0.130. The fourth-order valence-electron chi connectivity index (χ4n) is 7.02. The van der Waals surface area contributed by atoms with Crippen molar-refractivity contribution in [1.29, 1.82) is 0 Å². The molecule has 0 radical (unpaired) electrons. The van der Waals surface area contributed by atoms with E-state index in [-0.39, 0.29) is 24.9 Å². The summed E-state index contributed by atoms with van der Waals surface area (Å²) in [6.07, 6.45) is 1.36. The summed E-state index contributed by atoms with van der Waals surface area (Å²) in [6.45, 7) is 7.03. The topological polar surface area (TPSA) is 150 Å². The van der Waals surface area contributed by atoms with Crippen LogP contribution in [0.1, 0.15) is 24.0 Å². The summed E-state index contributed by atoms with van der Waals surface area (Å²) >= 11 is 0. The molecule has 14 nitrogen and oxygen atoms in total. The van der Waals surface area contributed by atoms with Gasteiger partial charge in [-0.3, -0.25) is 9.59 Å². The number of hydrogen-bond donors (Lipinski definition) is 3. The number of piperidine rings is 1. The van der Waals surface area contributed by atoms with E-state index in [4.69, 9.17) is 14.5 Å². The number of nitrogens with zero attached hydrogens (tertiary/aromatic N) is 7. The number of anilines is 4. The van der Waals surface area contributed by atoms with Crippen LogP contribution in [-0.2, 0) is 15.8 Å². The molecular formula is C45H49F3N10O4. The van der Waals surface area contributed by atoms with E-state index in [2.05, 4.69) is 59.7 Å². The van der Waals surface area contributed by atoms with Crippen LogP contribution >= 0.6 is 0 Å². The summed E-state index contributed by atoms with van der Waals surface area (Å²) in [6, 6.07) is 23.4. The Balaban J connectivity index is 0.000000186. The first kappa shape index (κ1) is 43.5. The van der Waals surface area contributed by atoms with Crippen molar-refractivity contribution in [3.8, 4) is 11.5 Å². The van der Waals surface area contributed by atoms with Gasteiger partial charge in [-0.25, -0.2) is 19.9 Å². The Kier molecular flexibility index (Phi) is 13.9. The van der Waals surface area contributed by atoms with Gasteiger partial charge < -0.3 is 40.1 Å². The first-order valence-electron chi connectivity index (χ1n) is 20.4. The highest BCUT2D eigenvalue weighted by molar-refractivity contribution is 5.95. The van der Waals surface area contributed by atoms with E-state index in [1.807, 2.05) is 55.6 Å². The molecule has 0 unspecified atom stereocenters. The Morgan fingerprint density at radius 2 is 1.18 bits per heavy atom. The van der Waals surface area contributed by atoms with Crippen molar-refractivity contribution >= 4 is 56.9 Å². The van der Waals surface area contributed by atoms with Gasteiger partial charge in [-0.1, -0.05) is 17.7 Å². The SMILES string of the molecule is Cc1ccc(OCC(=O)Nc2ccc3nc(N4CCC(N(C)C)CC4)ncc3c2)cc1.O=C(COc1ccc(C(F)(F)F)cc1)Nc1ccc2nc(N3CCNCC3)ncc2c1. The number of nitrogens with one attached hydrogen (secondary N) is 3. The van der Waals surface area contributed by atoms with Crippen LogP contribution in [-0.4, -0.2) is 109 Å². The van der Waals surface area contributed by atoms with Gasteiger partial charge in [0, 0.05) is 79.9 Å². The molecule has 2 aromatic heterocycles. The summed E-state index contributed by atoms with van der Waals surface area (Å²) < 4.78 is 48.6. The third-order valence-corrected chi connectivity index (χ3v) is 10.5. The number of benzene rings is 4. The van der Waals surface area contributed by atoms with Crippen LogP contribution in [0.25, 0.3) is 21.8 Å². The number of carbonyl (C=O) groups excluding carboxylic acids is 2. The standard InChI is InChI=1S/C24H29N5O2.C21H20F3N5O2/c1-17-4-7-21(8-5-17)31-16-23(30)26-19-6-9-22-18(14-19)15-25-24(27-22)29-12-10-20(11-13-29)28(2)3;22-21(23,24)15-1-4-17(5-2-15)31-13-19(30)27-16-3-6-18-14(11-16)12-26-20(28-18)29-9-7-25-8-10-29/h4-9,14-15,20H,10-13,16H2,1-3H3,(H,26,30);1-6,11-12,25H,7-10,13H2,(H,27,30). The summed E-state index contributed by atoms with van der Waals surface area (Å²) in [5, 5.41) is 10.5. The zero-order valence-corrected chi connectivity index (χ0v) is 34.8. The Morgan fingerprint density at radius 1 is 0.710 bits per heavy atom. The van der Waals surface area contributed by atoms with Crippen molar-refractivity contribution < 1.29 is 32.2 Å². The smallest absolute Gasteiger partial charge is 0.416 e. The predicted octanol–water partition coefficient (Wildman–Crippen LogP) is 6.56. The highest BCUT2D eigenvalue weighted by atomic mass is 19.4. The van der Waals surface area contributed by atoms with Gasteiger partial charge in [0.15, 0.2) is 13.2 Å². The molecule has 0 atom stereocenters. The lowest BCUT2D eigenvalue weighted by molar-refractivity contribution is -0.137. The zero-order chi connectivity index (χ0) is 43.6. The number of ether oxygens (including phenoxy) is 2. The Hall–Kier alpha value is -6.59. The minimum Gasteiger partial charge on any atom is -0.484 e. The molecule has 2 saturated heterocycles. The molecule has 8 rings (SSSR count). The van der Waals surface area contributed by atoms with E-state index in [0.717, 1.165) is 97.6 Å². The van der Waals surface area contributed by atoms with Crippen LogP contribution in [0.3, 0.4) is 0 Å². The molecule has 6 aromatic rings. The fourth-order valence-corrected chi connectivity index (χ4v) is 7.02. The maximum atomic E-state index is 12.6. The van der Waals surface area contributed by atoms with E-state index in [0.29, 0.717) is 29.1 Å². The fraction of sp³-hybridized carbons (Fsp3) is 0.333. The second kappa shape index (κ2) is 19.9. The lowest BCUT2D eigenvalue weighted by atomic mass is 10.0. The second-order valence-corrected chi connectivity index (χ2v) is 15.3. The van der Waals surface area contributed by atoms with Crippen LogP contribution in [0.2, 0.25) is 0 Å². The molecule has 2 aliphatic rings. The summed E-state index contributed by atoms with van der Waals surface area (Å²) in [7, 11) is 4.27. The Morgan fingerprint density at radius 3 is 1.65 bits per heavy atom. The average molecular weight is 851 g/mol. The maximum Gasteiger partial charge on any atom is 0.416 e. The molecule has 62 heavy (non-hydrogen) atoms. The molecule has 0 spiro atoms. The van der Waals surface area contributed by atoms with Gasteiger partial charge in [0.2, 0.25) is 11.9 Å². The van der Waals surface area contributed by atoms with E-state index in [1.165, 1.54) is 12.1 Å². The first-order chi connectivity index (χ1) is 29.9. The molecule has 4 heterocycles. The molecule has 17 heteroatoms. The average Bonchev–Trinajstić information content (AvgIpc) is 3.28. The van der Waals surface area contributed by atoms with Gasteiger partial charge in [-0.2, -0.15) is 13.2 Å². The lowest BCUT2D eigenvalue weighted by Crippen LogP contribution is -2.44. The van der Waals surface area contributed by atoms with Gasteiger partial charge in [0.1, 0.15) is 11.5 Å². The normalized spacial score (nSPS) is 14.6. The third kappa shape index (κ3) is 11.8. The number of halogens is 3. The highest BCUT2D eigenvalue weighted by Gasteiger charge is 2.30. The monoisotopic (exact) mass is 850 g/mol. The molecule has 4 aromatic carbocycles. The van der Waals surface area contributed by atoms with Crippen molar-refractivity contribution in [3.05, 3.63) is 108 Å². The third-order valence-electron chi connectivity index (χ3n) is 10.5. The van der Waals surface area contributed by atoms with Crippen LogP contribution in [0, 0.1) is 6.92 Å². The molecular weight excluding hydrogens is 802 g/mol.